The number of fused-ring (bicyclic) bond motifs is 1. The van der Waals surface area contributed by atoms with Crippen LogP contribution in [0.5, 0.6) is 11.5 Å². The van der Waals surface area contributed by atoms with Crippen LogP contribution in [-0.4, -0.2) is 17.6 Å². The molecular weight excluding hydrogens is 312 g/mol. The highest BCUT2D eigenvalue weighted by Gasteiger charge is 2.13. The minimum Gasteiger partial charge on any atom is -0.454 e. The summed E-state index contributed by atoms with van der Waals surface area (Å²) in [5, 5.41) is 13.5. The van der Waals surface area contributed by atoms with Crippen molar-refractivity contribution in [3.05, 3.63) is 69.8 Å². The molecule has 122 valence electrons. The Morgan fingerprint density at radius 1 is 1.21 bits per heavy atom. The van der Waals surface area contributed by atoms with E-state index in [4.69, 9.17) is 9.47 Å². The quantitative estimate of drug-likeness (QED) is 0.518. The molecule has 2 aromatic rings. The number of benzene rings is 2. The molecule has 1 heterocycles. The maximum atomic E-state index is 11.9. The molecule has 3 rings (SSSR count). The number of carbonyl (C=O) groups excluding carboxylic acids is 1. The van der Waals surface area contributed by atoms with Gasteiger partial charge in [-0.3, -0.25) is 14.9 Å². The lowest BCUT2D eigenvalue weighted by Crippen LogP contribution is -2.20. The van der Waals surface area contributed by atoms with Gasteiger partial charge in [0.15, 0.2) is 11.5 Å². The number of nitrogens with zero attached hydrogens (tertiary/aromatic N) is 1. The minimum atomic E-state index is -0.475. The number of amides is 1. The first-order chi connectivity index (χ1) is 11.6. The van der Waals surface area contributed by atoms with Gasteiger partial charge in [-0.2, -0.15) is 0 Å². The maximum Gasteiger partial charge on any atom is 0.270 e. The summed E-state index contributed by atoms with van der Waals surface area (Å²) in [6, 6.07) is 11.5. The molecule has 0 saturated heterocycles. The van der Waals surface area contributed by atoms with Crippen molar-refractivity contribution in [1.82, 2.24) is 5.32 Å². The first kappa shape index (κ1) is 15.5. The number of nitro groups is 1. The van der Waals surface area contributed by atoms with Gasteiger partial charge >= 0.3 is 0 Å². The first-order valence-electron chi connectivity index (χ1n) is 7.21. The molecule has 1 aliphatic rings. The van der Waals surface area contributed by atoms with Crippen LogP contribution in [0.2, 0.25) is 0 Å². The van der Waals surface area contributed by atoms with Crippen molar-refractivity contribution >= 4 is 17.7 Å². The molecule has 0 saturated carbocycles. The van der Waals surface area contributed by atoms with E-state index < -0.39 is 4.92 Å². The molecule has 7 heteroatoms. The number of nitro benzene ring substituents is 1. The lowest BCUT2D eigenvalue weighted by molar-refractivity contribution is -0.384. The fourth-order valence-corrected chi connectivity index (χ4v) is 2.21. The highest BCUT2D eigenvalue weighted by molar-refractivity contribution is 5.91. The molecule has 1 aliphatic heterocycles. The molecule has 1 amide bonds. The van der Waals surface area contributed by atoms with Crippen molar-refractivity contribution in [2.75, 3.05) is 6.79 Å². The normalized spacial score (nSPS) is 12.3. The van der Waals surface area contributed by atoms with E-state index in [2.05, 4.69) is 5.32 Å². The molecular formula is C17H14N2O5. The van der Waals surface area contributed by atoms with Crippen LogP contribution in [0.4, 0.5) is 5.69 Å². The van der Waals surface area contributed by atoms with E-state index in [-0.39, 0.29) is 18.4 Å². The van der Waals surface area contributed by atoms with Crippen LogP contribution < -0.4 is 14.8 Å². The lowest BCUT2D eigenvalue weighted by Gasteiger charge is -2.04. The predicted octanol–water partition coefficient (Wildman–Crippen LogP) is 2.65. The third kappa shape index (κ3) is 3.70. The highest BCUT2D eigenvalue weighted by atomic mass is 16.7. The molecule has 24 heavy (non-hydrogen) atoms. The van der Waals surface area contributed by atoms with Gasteiger partial charge in [0.2, 0.25) is 12.7 Å². The van der Waals surface area contributed by atoms with E-state index in [9.17, 15) is 14.9 Å². The Balaban J connectivity index is 1.57. The van der Waals surface area contributed by atoms with Gasteiger partial charge in [-0.05, 0) is 29.3 Å². The van der Waals surface area contributed by atoms with Gasteiger partial charge in [0.05, 0.1) is 4.92 Å². The minimum absolute atomic E-state index is 0.0158. The van der Waals surface area contributed by atoms with Crippen molar-refractivity contribution in [2.45, 2.75) is 6.54 Å². The van der Waals surface area contributed by atoms with Crippen molar-refractivity contribution < 1.29 is 19.2 Å². The number of ether oxygens (including phenoxy) is 2. The SMILES string of the molecule is O=C(/C=C/c1cccc([N+](=O)[O-])c1)NCc1ccc2c(c1)OCO2. The summed E-state index contributed by atoms with van der Waals surface area (Å²) >= 11 is 0. The van der Waals surface area contributed by atoms with Crippen LogP contribution in [0.1, 0.15) is 11.1 Å². The number of rotatable bonds is 5. The van der Waals surface area contributed by atoms with Gasteiger partial charge in [-0.25, -0.2) is 0 Å². The van der Waals surface area contributed by atoms with Gasteiger partial charge in [-0.15, -0.1) is 0 Å². The zero-order chi connectivity index (χ0) is 16.9. The van der Waals surface area contributed by atoms with Crippen molar-refractivity contribution in [3.63, 3.8) is 0 Å². The zero-order valence-electron chi connectivity index (χ0n) is 12.6. The predicted molar refractivity (Wildman–Crippen MR) is 86.5 cm³/mol. The topological polar surface area (TPSA) is 90.7 Å². The Morgan fingerprint density at radius 3 is 2.88 bits per heavy atom. The molecule has 0 radical (unpaired) electrons. The first-order valence-corrected chi connectivity index (χ1v) is 7.21. The Kier molecular flexibility index (Phi) is 4.42. The van der Waals surface area contributed by atoms with E-state index in [0.717, 1.165) is 5.56 Å². The van der Waals surface area contributed by atoms with E-state index in [1.807, 2.05) is 12.1 Å². The van der Waals surface area contributed by atoms with E-state index in [1.165, 1.54) is 24.3 Å². The van der Waals surface area contributed by atoms with Crippen LogP contribution >= 0.6 is 0 Å². The number of carbonyl (C=O) groups is 1. The lowest BCUT2D eigenvalue weighted by atomic mass is 10.2. The van der Waals surface area contributed by atoms with Gasteiger partial charge < -0.3 is 14.8 Å². The number of hydrogen-bond acceptors (Lipinski definition) is 5. The van der Waals surface area contributed by atoms with Gasteiger partial charge in [0, 0.05) is 24.8 Å². The largest absolute Gasteiger partial charge is 0.454 e. The summed E-state index contributed by atoms with van der Waals surface area (Å²) in [4.78, 5) is 22.1. The zero-order valence-corrected chi connectivity index (χ0v) is 12.6. The van der Waals surface area contributed by atoms with Crippen LogP contribution in [0.15, 0.2) is 48.5 Å². The van der Waals surface area contributed by atoms with Crippen molar-refractivity contribution in [3.8, 4) is 11.5 Å². The maximum absolute atomic E-state index is 11.9. The summed E-state index contributed by atoms with van der Waals surface area (Å²) in [7, 11) is 0. The summed E-state index contributed by atoms with van der Waals surface area (Å²) in [6.07, 6.45) is 2.87. The van der Waals surface area contributed by atoms with Gasteiger partial charge in [-0.1, -0.05) is 18.2 Å². The smallest absolute Gasteiger partial charge is 0.270 e. The van der Waals surface area contributed by atoms with Crippen LogP contribution in [0.3, 0.4) is 0 Å². The monoisotopic (exact) mass is 326 g/mol. The van der Waals surface area contributed by atoms with E-state index in [0.29, 0.717) is 23.6 Å². The highest BCUT2D eigenvalue weighted by Crippen LogP contribution is 2.32. The number of hydrogen-bond donors (Lipinski definition) is 1. The Hall–Kier alpha value is -3.35. The Morgan fingerprint density at radius 2 is 2.04 bits per heavy atom. The molecule has 0 bridgehead atoms. The molecule has 0 atom stereocenters. The van der Waals surface area contributed by atoms with E-state index in [1.54, 1.807) is 18.2 Å². The van der Waals surface area contributed by atoms with Gasteiger partial charge in [0.1, 0.15) is 0 Å². The second-order valence-corrected chi connectivity index (χ2v) is 5.09. The standard InChI is InChI=1S/C17H14N2O5/c20-17(7-5-12-2-1-3-14(8-12)19(21)22)18-10-13-4-6-15-16(9-13)24-11-23-15/h1-9H,10-11H2,(H,18,20)/b7-5+. The average Bonchev–Trinajstić information content (AvgIpc) is 3.06. The molecule has 0 unspecified atom stereocenters. The molecule has 0 fully saturated rings. The fourth-order valence-electron chi connectivity index (χ4n) is 2.21. The molecule has 0 aliphatic carbocycles. The van der Waals surface area contributed by atoms with Crippen LogP contribution in [-0.2, 0) is 11.3 Å². The summed E-state index contributed by atoms with van der Waals surface area (Å²) in [6.45, 7) is 0.547. The van der Waals surface area contributed by atoms with Crippen LogP contribution in [0.25, 0.3) is 6.08 Å². The molecule has 1 N–H and O–H groups in total. The van der Waals surface area contributed by atoms with Crippen molar-refractivity contribution in [2.24, 2.45) is 0 Å². The van der Waals surface area contributed by atoms with Crippen molar-refractivity contribution in [1.29, 1.82) is 0 Å². The molecule has 2 aromatic carbocycles. The van der Waals surface area contributed by atoms with E-state index >= 15 is 0 Å². The molecule has 0 spiro atoms. The second kappa shape index (κ2) is 6.82. The summed E-state index contributed by atoms with van der Waals surface area (Å²) in [5.41, 5.74) is 1.46. The van der Waals surface area contributed by atoms with Gasteiger partial charge in [0.25, 0.3) is 5.69 Å². The van der Waals surface area contributed by atoms with Crippen LogP contribution in [0, 0.1) is 10.1 Å². The Bertz CT molecular complexity index is 816. The Labute approximate surface area is 137 Å². The summed E-state index contributed by atoms with van der Waals surface area (Å²) < 4.78 is 10.5. The average molecular weight is 326 g/mol. The number of nitrogens with one attached hydrogen (secondary N) is 1. The summed E-state index contributed by atoms with van der Waals surface area (Å²) in [5.74, 6) is 1.06. The second-order valence-electron chi connectivity index (χ2n) is 5.09. The molecule has 0 aromatic heterocycles. The molecule has 7 nitrogen and oxygen atoms in total. The third-order valence-electron chi connectivity index (χ3n) is 3.41. The third-order valence-corrected chi connectivity index (χ3v) is 3.41. The fraction of sp³-hybridized carbons (Fsp3) is 0.118. The number of non-ortho nitro benzene ring substituents is 1.